The summed E-state index contributed by atoms with van der Waals surface area (Å²) >= 11 is 0. The largest absolute Gasteiger partial charge is 0.292 e. The maximum atomic E-state index is 4.23. The van der Waals surface area contributed by atoms with Gasteiger partial charge in [-0.1, -0.05) is 19.8 Å². The zero-order valence-corrected chi connectivity index (χ0v) is 9.50. The van der Waals surface area contributed by atoms with E-state index in [1.807, 2.05) is 6.21 Å². The van der Waals surface area contributed by atoms with Gasteiger partial charge in [0, 0.05) is 12.8 Å². The van der Waals surface area contributed by atoms with Crippen LogP contribution >= 0.6 is 0 Å². The molecule has 4 heteroatoms. The van der Waals surface area contributed by atoms with Gasteiger partial charge in [-0.15, -0.1) is 0 Å². The molecular formula is C11H22N4. The maximum Gasteiger partial charge on any atom is 0.109 e. The summed E-state index contributed by atoms with van der Waals surface area (Å²) in [5.74, 6) is 1.57. The third kappa shape index (κ3) is 2.69. The van der Waals surface area contributed by atoms with E-state index in [1.54, 1.807) is 0 Å². The molecule has 15 heavy (non-hydrogen) atoms. The number of fused-ring (bicyclic) bond motifs is 1. The summed E-state index contributed by atoms with van der Waals surface area (Å²) in [6, 6.07) is 0. The van der Waals surface area contributed by atoms with Crippen LogP contribution in [0.4, 0.5) is 0 Å². The predicted octanol–water partition coefficient (Wildman–Crippen LogP) is 1.21. The number of hydrogen-bond donors (Lipinski definition) is 3. The lowest BCUT2D eigenvalue weighted by Crippen LogP contribution is -2.60. The van der Waals surface area contributed by atoms with Crippen LogP contribution < -0.4 is 16.3 Å². The highest BCUT2D eigenvalue weighted by atomic mass is 15.5. The second-order valence-corrected chi connectivity index (χ2v) is 4.56. The first-order chi connectivity index (χ1) is 7.42. The van der Waals surface area contributed by atoms with Crippen molar-refractivity contribution in [3.63, 3.8) is 0 Å². The number of hydrazone groups is 1. The smallest absolute Gasteiger partial charge is 0.109 e. The lowest BCUT2D eigenvalue weighted by atomic mass is 9.77. The molecule has 0 radical (unpaired) electrons. The summed E-state index contributed by atoms with van der Waals surface area (Å²) in [7, 11) is 0. The molecule has 2 aliphatic rings. The number of hydrogen-bond acceptors (Lipinski definition) is 4. The lowest BCUT2D eigenvalue weighted by Gasteiger charge is -2.41. The SMILES string of the molecule is CC/C=N\NC1NNCC2CCCCC21. The fourth-order valence-electron chi connectivity index (χ4n) is 2.69. The first kappa shape index (κ1) is 10.9. The highest BCUT2D eigenvalue weighted by Gasteiger charge is 2.34. The fourth-order valence-corrected chi connectivity index (χ4v) is 2.69. The Kier molecular flexibility index (Phi) is 3.97. The van der Waals surface area contributed by atoms with Gasteiger partial charge in [0.1, 0.15) is 6.17 Å². The van der Waals surface area contributed by atoms with Crippen LogP contribution in [-0.2, 0) is 0 Å². The zero-order valence-electron chi connectivity index (χ0n) is 9.50. The maximum absolute atomic E-state index is 4.23. The Morgan fingerprint density at radius 3 is 3.13 bits per heavy atom. The quantitative estimate of drug-likeness (QED) is 0.485. The summed E-state index contributed by atoms with van der Waals surface area (Å²) < 4.78 is 0. The molecule has 3 unspecified atom stereocenters. The summed E-state index contributed by atoms with van der Waals surface area (Å²) in [6.45, 7) is 3.21. The first-order valence-corrected chi connectivity index (χ1v) is 6.17. The van der Waals surface area contributed by atoms with E-state index in [9.17, 15) is 0 Å². The second kappa shape index (κ2) is 5.47. The summed E-state index contributed by atoms with van der Waals surface area (Å²) in [5.41, 5.74) is 9.79. The molecule has 1 saturated carbocycles. The van der Waals surface area contributed by atoms with Gasteiger partial charge in [-0.3, -0.25) is 10.9 Å². The molecular weight excluding hydrogens is 188 g/mol. The van der Waals surface area contributed by atoms with Gasteiger partial charge in [-0.2, -0.15) is 5.10 Å². The van der Waals surface area contributed by atoms with Gasteiger partial charge in [-0.25, -0.2) is 5.43 Å². The van der Waals surface area contributed by atoms with Gasteiger partial charge in [0.15, 0.2) is 0 Å². The molecule has 0 amide bonds. The van der Waals surface area contributed by atoms with E-state index in [-0.39, 0.29) is 0 Å². The highest BCUT2D eigenvalue weighted by Crippen LogP contribution is 2.32. The van der Waals surface area contributed by atoms with Crippen LogP contribution in [-0.4, -0.2) is 18.9 Å². The predicted molar refractivity (Wildman–Crippen MR) is 62.3 cm³/mol. The van der Waals surface area contributed by atoms with Gasteiger partial charge in [0.25, 0.3) is 0 Å². The third-order valence-corrected chi connectivity index (χ3v) is 3.51. The Morgan fingerprint density at radius 2 is 2.27 bits per heavy atom. The standard InChI is InChI=1S/C11H22N4/c1-2-7-12-14-11-10-6-4-3-5-9(10)8-13-15-11/h7,9-11,13-15H,2-6,8H2,1H3/b12-7-. The zero-order chi connectivity index (χ0) is 10.5. The van der Waals surface area contributed by atoms with Crippen molar-refractivity contribution in [2.75, 3.05) is 6.54 Å². The van der Waals surface area contributed by atoms with E-state index in [2.05, 4.69) is 28.3 Å². The molecule has 0 aromatic heterocycles. The van der Waals surface area contributed by atoms with Crippen LogP contribution in [0.1, 0.15) is 39.0 Å². The van der Waals surface area contributed by atoms with Crippen molar-refractivity contribution < 1.29 is 0 Å². The van der Waals surface area contributed by atoms with E-state index in [0.717, 1.165) is 24.8 Å². The molecule has 2 rings (SSSR count). The molecule has 0 aromatic rings. The van der Waals surface area contributed by atoms with Crippen LogP contribution in [0.25, 0.3) is 0 Å². The Morgan fingerprint density at radius 1 is 1.40 bits per heavy atom. The number of rotatable bonds is 3. The highest BCUT2D eigenvalue weighted by molar-refractivity contribution is 5.56. The minimum Gasteiger partial charge on any atom is -0.292 e. The van der Waals surface area contributed by atoms with Gasteiger partial charge >= 0.3 is 0 Å². The van der Waals surface area contributed by atoms with Crippen molar-refractivity contribution in [3.8, 4) is 0 Å². The number of hydrazine groups is 1. The van der Waals surface area contributed by atoms with Crippen molar-refractivity contribution in [1.82, 2.24) is 16.3 Å². The van der Waals surface area contributed by atoms with Crippen LogP contribution in [0, 0.1) is 11.8 Å². The Labute approximate surface area is 91.9 Å². The van der Waals surface area contributed by atoms with Crippen molar-refractivity contribution in [1.29, 1.82) is 0 Å². The van der Waals surface area contributed by atoms with Gasteiger partial charge in [-0.05, 0) is 31.1 Å². The molecule has 86 valence electrons. The topological polar surface area (TPSA) is 48.5 Å². The van der Waals surface area contributed by atoms with Crippen molar-refractivity contribution in [3.05, 3.63) is 0 Å². The van der Waals surface area contributed by atoms with E-state index in [0.29, 0.717) is 6.17 Å². The van der Waals surface area contributed by atoms with Crippen molar-refractivity contribution in [2.45, 2.75) is 45.2 Å². The van der Waals surface area contributed by atoms with Crippen LogP contribution in [0.3, 0.4) is 0 Å². The van der Waals surface area contributed by atoms with Gasteiger partial charge in [0.05, 0.1) is 0 Å². The minimum absolute atomic E-state index is 0.312. The molecule has 3 atom stereocenters. The van der Waals surface area contributed by atoms with Gasteiger partial charge in [0.2, 0.25) is 0 Å². The van der Waals surface area contributed by atoms with Crippen molar-refractivity contribution in [2.24, 2.45) is 16.9 Å². The van der Waals surface area contributed by atoms with E-state index >= 15 is 0 Å². The molecule has 0 aromatic carbocycles. The molecule has 2 fully saturated rings. The number of nitrogens with one attached hydrogen (secondary N) is 3. The summed E-state index contributed by atoms with van der Waals surface area (Å²) in [4.78, 5) is 0. The summed E-state index contributed by atoms with van der Waals surface area (Å²) in [5, 5.41) is 4.23. The molecule has 1 heterocycles. The van der Waals surface area contributed by atoms with E-state index in [4.69, 9.17) is 0 Å². The molecule has 0 bridgehead atoms. The lowest BCUT2D eigenvalue weighted by molar-refractivity contribution is 0.0996. The molecule has 3 N–H and O–H groups in total. The molecule has 0 spiro atoms. The van der Waals surface area contributed by atoms with E-state index < -0.39 is 0 Å². The van der Waals surface area contributed by atoms with Gasteiger partial charge < -0.3 is 0 Å². The molecule has 4 nitrogen and oxygen atoms in total. The van der Waals surface area contributed by atoms with Crippen LogP contribution in [0.5, 0.6) is 0 Å². The average Bonchev–Trinajstić information content (AvgIpc) is 2.30. The Bertz CT molecular complexity index is 215. The molecule has 1 saturated heterocycles. The van der Waals surface area contributed by atoms with Crippen LogP contribution in [0.2, 0.25) is 0 Å². The Balaban J connectivity index is 1.88. The normalized spacial score (nSPS) is 36.5. The van der Waals surface area contributed by atoms with Crippen LogP contribution in [0.15, 0.2) is 5.10 Å². The van der Waals surface area contributed by atoms with Crippen molar-refractivity contribution >= 4 is 6.21 Å². The summed E-state index contributed by atoms with van der Waals surface area (Å²) in [6.07, 6.45) is 8.70. The Hall–Kier alpha value is -0.610. The molecule has 1 aliphatic heterocycles. The fraction of sp³-hybridized carbons (Fsp3) is 0.909. The average molecular weight is 210 g/mol. The number of nitrogens with zero attached hydrogens (tertiary/aromatic N) is 1. The third-order valence-electron chi connectivity index (χ3n) is 3.51. The second-order valence-electron chi connectivity index (χ2n) is 4.56. The minimum atomic E-state index is 0.312. The first-order valence-electron chi connectivity index (χ1n) is 6.17. The molecule has 1 aliphatic carbocycles. The monoisotopic (exact) mass is 210 g/mol. The van der Waals surface area contributed by atoms with E-state index in [1.165, 1.54) is 25.7 Å².